The molecule has 5 nitrogen and oxygen atoms in total. The highest BCUT2D eigenvalue weighted by atomic mass is 32.2. The van der Waals surface area contributed by atoms with Gasteiger partial charge in [-0.15, -0.1) is 0 Å². The average Bonchev–Trinajstić information content (AvgIpc) is 2.68. The number of thioether (sulfide) groups is 1. The number of nitrogens with zero attached hydrogens (tertiary/aromatic N) is 4. The minimum atomic E-state index is 0.796. The second-order valence-electron chi connectivity index (χ2n) is 6.54. The largest absolute Gasteiger partial charge is 0.354 e. The molecule has 0 saturated carbocycles. The lowest BCUT2D eigenvalue weighted by molar-refractivity contribution is 0.312. The van der Waals surface area contributed by atoms with Crippen molar-refractivity contribution in [3.63, 3.8) is 0 Å². The van der Waals surface area contributed by atoms with Crippen molar-refractivity contribution < 1.29 is 0 Å². The van der Waals surface area contributed by atoms with Crippen molar-refractivity contribution in [3.05, 3.63) is 48.5 Å². The molecule has 26 heavy (non-hydrogen) atoms. The third-order valence-corrected chi connectivity index (χ3v) is 5.30. The van der Waals surface area contributed by atoms with E-state index in [1.165, 1.54) is 10.8 Å². The molecule has 1 aromatic heterocycles. The number of anilines is 3. The van der Waals surface area contributed by atoms with E-state index in [-0.39, 0.29) is 0 Å². The first kappa shape index (κ1) is 17.1. The summed E-state index contributed by atoms with van der Waals surface area (Å²) in [7, 11) is 2.16. The fraction of sp³-hybridized carbons (Fsp3) is 0.300. The van der Waals surface area contributed by atoms with Gasteiger partial charge in [0, 0.05) is 43.3 Å². The van der Waals surface area contributed by atoms with Gasteiger partial charge in [-0.1, -0.05) is 48.2 Å². The monoisotopic (exact) mass is 365 g/mol. The summed E-state index contributed by atoms with van der Waals surface area (Å²) in [6.45, 7) is 4.11. The predicted octanol–water partition coefficient (Wildman–Crippen LogP) is 3.85. The number of fused-ring (bicyclic) bond motifs is 1. The van der Waals surface area contributed by atoms with E-state index in [4.69, 9.17) is 4.98 Å². The molecule has 6 heteroatoms. The zero-order valence-electron chi connectivity index (χ0n) is 15.1. The molecular weight excluding hydrogens is 342 g/mol. The summed E-state index contributed by atoms with van der Waals surface area (Å²) in [5, 5.41) is 6.72. The van der Waals surface area contributed by atoms with Gasteiger partial charge in [0.2, 0.25) is 0 Å². The number of hydrogen-bond donors (Lipinski definition) is 1. The van der Waals surface area contributed by atoms with Gasteiger partial charge in [0.25, 0.3) is 0 Å². The summed E-state index contributed by atoms with van der Waals surface area (Å²) < 4.78 is 0. The van der Waals surface area contributed by atoms with E-state index in [9.17, 15) is 0 Å². The summed E-state index contributed by atoms with van der Waals surface area (Å²) in [6, 6.07) is 16.8. The van der Waals surface area contributed by atoms with Gasteiger partial charge < -0.3 is 15.1 Å². The Labute approximate surface area is 158 Å². The van der Waals surface area contributed by atoms with Gasteiger partial charge in [-0.05, 0) is 24.8 Å². The van der Waals surface area contributed by atoms with E-state index in [2.05, 4.69) is 75.7 Å². The fourth-order valence-electron chi connectivity index (χ4n) is 3.24. The zero-order chi connectivity index (χ0) is 17.9. The minimum Gasteiger partial charge on any atom is -0.354 e. The molecule has 4 rings (SSSR count). The molecule has 1 aliphatic heterocycles. The number of likely N-dealkylation sites (N-methyl/N-ethyl adjacent to an activating group) is 1. The summed E-state index contributed by atoms with van der Waals surface area (Å²) >= 11 is 1.58. The van der Waals surface area contributed by atoms with Crippen LogP contribution in [0.5, 0.6) is 0 Å². The van der Waals surface area contributed by atoms with E-state index in [0.717, 1.165) is 48.7 Å². The molecule has 1 fully saturated rings. The van der Waals surface area contributed by atoms with Crippen LogP contribution >= 0.6 is 11.8 Å². The summed E-state index contributed by atoms with van der Waals surface area (Å²) in [4.78, 5) is 14.1. The molecule has 1 N–H and O–H groups in total. The Balaban J connectivity index is 1.66. The predicted molar refractivity (Wildman–Crippen MR) is 111 cm³/mol. The van der Waals surface area contributed by atoms with Crippen molar-refractivity contribution in [2.24, 2.45) is 0 Å². The van der Waals surface area contributed by atoms with E-state index in [1.54, 1.807) is 11.8 Å². The quantitative estimate of drug-likeness (QED) is 0.560. The summed E-state index contributed by atoms with van der Waals surface area (Å²) in [6.07, 6.45) is 2.02. The first-order chi connectivity index (χ1) is 12.7. The number of aromatic nitrogens is 2. The number of benzene rings is 2. The molecule has 0 unspecified atom stereocenters. The van der Waals surface area contributed by atoms with Crippen LogP contribution in [-0.2, 0) is 0 Å². The topological polar surface area (TPSA) is 44.3 Å². The molecular formula is C20H23N5S. The highest BCUT2D eigenvalue weighted by molar-refractivity contribution is 7.98. The molecule has 0 spiro atoms. The Kier molecular flexibility index (Phi) is 4.95. The van der Waals surface area contributed by atoms with Gasteiger partial charge in [-0.2, -0.15) is 0 Å². The molecule has 2 heterocycles. The third-order valence-electron chi connectivity index (χ3n) is 4.75. The van der Waals surface area contributed by atoms with Gasteiger partial charge in [0.15, 0.2) is 5.16 Å². The molecule has 0 atom stereocenters. The van der Waals surface area contributed by atoms with Crippen molar-refractivity contribution in [2.45, 2.75) is 5.16 Å². The second kappa shape index (κ2) is 7.51. The molecule has 0 aliphatic carbocycles. The van der Waals surface area contributed by atoms with Crippen LogP contribution in [-0.4, -0.2) is 54.4 Å². The molecule has 2 aromatic carbocycles. The number of piperazine rings is 1. The van der Waals surface area contributed by atoms with Crippen LogP contribution in [0.15, 0.2) is 53.7 Å². The standard InChI is InChI=1S/C20H23N5S/c1-24-10-12-25(13-11-24)19-14-18(22-20(23-19)26-2)21-17-9-5-7-15-6-3-4-8-16(15)17/h3-9,14H,10-13H2,1-2H3,(H,21,22,23). The lowest BCUT2D eigenvalue weighted by Gasteiger charge is -2.33. The van der Waals surface area contributed by atoms with Crippen LogP contribution in [0.3, 0.4) is 0 Å². The second-order valence-corrected chi connectivity index (χ2v) is 7.31. The lowest BCUT2D eigenvalue weighted by atomic mass is 10.1. The van der Waals surface area contributed by atoms with Gasteiger partial charge in [0.1, 0.15) is 11.6 Å². The number of hydrogen-bond acceptors (Lipinski definition) is 6. The fourth-order valence-corrected chi connectivity index (χ4v) is 3.61. The molecule has 3 aromatic rings. The lowest BCUT2D eigenvalue weighted by Crippen LogP contribution is -2.44. The smallest absolute Gasteiger partial charge is 0.191 e. The average molecular weight is 366 g/mol. The van der Waals surface area contributed by atoms with Crippen LogP contribution < -0.4 is 10.2 Å². The molecule has 0 bridgehead atoms. The van der Waals surface area contributed by atoms with Gasteiger partial charge >= 0.3 is 0 Å². The maximum absolute atomic E-state index is 4.72. The maximum Gasteiger partial charge on any atom is 0.191 e. The van der Waals surface area contributed by atoms with Crippen LogP contribution in [0.25, 0.3) is 10.8 Å². The van der Waals surface area contributed by atoms with E-state index in [1.807, 2.05) is 6.26 Å². The highest BCUT2D eigenvalue weighted by Gasteiger charge is 2.17. The third kappa shape index (κ3) is 3.61. The van der Waals surface area contributed by atoms with Crippen molar-refractivity contribution in [3.8, 4) is 0 Å². The molecule has 0 radical (unpaired) electrons. The number of nitrogens with one attached hydrogen (secondary N) is 1. The summed E-state index contributed by atoms with van der Waals surface area (Å²) in [5.74, 6) is 1.84. The maximum atomic E-state index is 4.72. The van der Waals surface area contributed by atoms with E-state index >= 15 is 0 Å². The molecule has 1 saturated heterocycles. The Bertz CT molecular complexity index is 900. The van der Waals surface area contributed by atoms with Crippen LogP contribution in [0.2, 0.25) is 0 Å². The van der Waals surface area contributed by atoms with Crippen LogP contribution in [0, 0.1) is 0 Å². The van der Waals surface area contributed by atoms with Crippen molar-refractivity contribution in [2.75, 3.05) is 49.7 Å². The van der Waals surface area contributed by atoms with E-state index in [0.29, 0.717) is 0 Å². The zero-order valence-corrected chi connectivity index (χ0v) is 16.0. The Morgan fingerprint density at radius 1 is 0.962 bits per heavy atom. The van der Waals surface area contributed by atoms with Gasteiger partial charge in [-0.3, -0.25) is 0 Å². The Morgan fingerprint density at radius 3 is 2.54 bits per heavy atom. The van der Waals surface area contributed by atoms with Crippen molar-refractivity contribution >= 4 is 39.9 Å². The Hall–Kier alpha value is -2.31. The van der Waals surface area contributed by atoms with Gasteiger partial charge in [0.05, 0.1) is 0 Å². The van der Waals surface area contributed by atoms with Crippen LogP contribution in [0.4, 0.5) is 17.3 Å². The normalized spacial score (nSPS) is 15.4. The van der Waals surface area contributed by atoms with Crippen LogP contribution in [0.1, 0.15) is 0 Å². The highest BCUT2D eigenvalue weighted by Crippen LogP contribution is 2.28. The van der Waals surface area contributed by atoms with Crippen molar-refractivity contribution in [1.29, 1.82) is 0 Å². The summed E-state index contributed by atoms with van der Waals surface area (Å²) in [5.41, 5.74) is 1.07. The van der Waals surface area contributed by atoms with Crippen molar-refractivity contribution in [1.82, 2.24) is 14.9 Å². The molecule has 1 aliphatic rings. The Morgan fingerprint density at radius 2 is 1.73 bits per heavy atom. The number of rotatable bonds is 4. The SMILES string of the molecule is CSc1nc(Nc2cccc3ccccc23)cc(N2CCN(C)CC2)n1. The molecule has 0 amide bonds. The molecule has 134 valence electrons. The first-order valence-corrected chi connectivity index (χ1v) is 10.1. The van der Waals surface area contributed by atoms with Gasteiger partial charge in [-0.25, -0.2) is 9.97 Å². The minimum absolute atomic E-state index is 0.796. The first-order valence-electron chi connectivity index (χ1n) is 8.84. The van der Waals surface area contributed by atoms with E-state index < -0.39 is 0 Å².